The highest BCUT2D eigenvalue weighted by Gasteiger charge is 2.17. The van der Waals surface area contributed by atoms with Crippen molar-refractivity contribution in [3.8, 4) is 22.3 Å². The molecular formula is C21H17N3O2. The first-order valence-electron chi connectivity index (χ1n) is 8.25. The SMILES string of the molecule is COC(=O)c1cc(-c2ccc(-c3ccccc3)cc2)cc2c1nnn2C. The predicted octanol–water partition coefficient (Wildman–Crippen LogP) is 4.09. The molecule has 0 saturated carbocycles. The zero-order valence-electron chi connectivity index (χ0n) is 14.5. The number of hydrogen-bond donors (Lipinski definition) is 0. The molecule has 0 spiro atoms. The Morgan fingerprint density at radius 1 is 0.885 bits per heavy atom. The average Bonchev–Trinajstić information content (AvgIpc) is 3.08. The van der Waals surface area contributed by atoms with Crippen LogP contribution in [0.1, 0.15) is 10.4 Å². The van der Waals surface area contributed by atoms with Crippen molar-refractivity contribution in [1.29, 1.82) is 0 Å². The number of nitrogens with zero attached hydrogens (tertiary/aromatic N) is 3. The molecule has 5 heteroatoms. The summed E-state index contributed by atoms with van der Waals surface area (Å²) in [6.07, 6.45) is 0. The number of aromatic nitrogens is 3. The number of aryl methyl sites for hydroxylation is 1. The van der Waals surface area contributed by atoms with Crippen molar-refractivity contribution in [3.05, 3.63) is 72.3 Å². The van der Waals surface area contributed by atoms with Gasteiger partial charge in [-0.3, -0.25) is 0 Å². The monoisotopic (exact) mass is 343 g/mol. The molecule has 0 N–H and O–H groups in total. The Kier molecular flexibility index (Phi) is 3.97. The minimum Gasteiger partial charge on any atom is -0.465 e. The predicted molar refractivity (Wildman–Crippen MR) is 101 cm³/mol. The number of esters is 1. The third kappa shape index (κ3) is 2.73. The lowest BCUT2D eigenvalue weighted by Crippen LogP contribution is -2.03. The van der Waals surface area contributed by atoms with Crippen molar-refractivity contribution in [2.75, 3.05) is 7.11 Å². The van der Waals surface area contributed by atoms with Crippen LogP contribution >= 0.6 is 0 Å². The molecule has 0 fully saturated rings. The van der Waals surface area contributed by atoms with Crippen LogP contribution < -0.4 is 0 Å². The lowest BCUT2D eigenvalue weighted by Gasteiger charge is -2.08. The third-order valence-corrected chi connectivity index (χ3v) is 4.45. The Balaban J connectivity index is 1.81. The van der Waals surface area contributed by atoms with E-state index in [2.05, 4.69) is 34.6 Å². The molecule has 0 aliphatic rings. The second-order valence-electron chi connectivity index (χ2n) is 6.04. The molecule has 0 unspecified atom stereocenters. The minimum atomic E-state index is -0.418. The molecule has 0 amide bonds. The van der Waals surface area contributed by atoms with E-state index in [0.717, 1.165) is 22.2 Å². The van der Waals surface area contributed by atoms with Crippen molar-refractivity contribution >= 4 is 17.0 Å². The van der Waals surface area contributed by atoms with Crippen LogP contribution in [0, 0.1) is 0 Å². The third-order valence-electron chi connectivity index (χ3n) is 4.45. The first kappa shape index (κ1) is 16.0. The summed E-state index contributed by atoms with van der Waals surface area (Å²) in [6.45, 7) is 0. The maximum absolute atomic E-state index is 12.2. The van der Waals surface area contributed by atoms with E-state index in [1.165, 1.54) is 12.7 Å². The molecule has 4 rings (SSSR count). The Labute approximate surface area is 150 Å². The lowest BCUT2D eigenvalue weighted by molar-refractivity contribution is 0.0603. The smallest absolute Gasteiger partial charge is 0.340 e. The number of rotatable bonds is 3. The first-order valence-corrected chi connectivity index (χ1v) is 8.25. The number of carbonyl (C=O) groups is 1. The van der Waals surface area contributed by atoms with Gasteiger partial charge in [0, 0.05) is 7.05 Å². The summed E-state index contributed by atoms with van der Waals surface area (Å²) in [5.74, 6) is -0.418. The molecule has 5 nitrogen and oxygen atoms in total. The van der Waals surface area contributed by atoms with Gasteiger partial charge >= 0.3 is 5.97 Å². The molecule has 1 heterocycles. The number of ether oxygens (including phenoxy) is 1. The van der Waals surface area contributed by atoms with Gasteiger partial charge in [0.15, 0.2) is 0 Å². The lowest BCUT2D eigenvalue weighted by atomic mass is 9.98. The first-order chi connectivity index (χ1) is 12.7. The van der Waals surface area contributed by atoms with Crippen LogP contribution in [0.4, 0.5) is 0 Å². The Morgan fingerprint density at radius 3 is 2.15 bits per heavy atom. The van der Waals surface area contributed by atoms with Crippen LogP contribution in [0.5, 0.6) is 0 Å². The molecule has 0 radical (unpaired) electrons. The van der Waals surface area contributed by atoms with Gasteiger partial charge in [0.1, 0.15) is 5.52 Å². The van der Waals surface area contributed by atoms with Gasteiger partial charge in [-0.05, 0) is 34.4 Å². The van der Waals surface area contributed by atoms with Gasteiger partial charge < -0.3 is 4.74 Å². The standard InChI is InChI=1S/C21H17N3O2/c1-24-19-13-17(12-18(21(25)26-2)20(19)22-23-24)16-10-8-15(9-11-16)14-6-4-3-5-7-14/h3-13H,1-2H3. The van der Waals surface area contributed by atoms with E-state index in [4.69, 9.17) is 4.74 Å². The van der Waals surface area contributed by atoms with E-state index in [1.807, 2.05) is 36.4 Å². The summed E-state index contributed by atoms with van der Waals surface area (Å²) in [7, 11) is 3.17. The molecule has 1 aromatic heterocycles. The van der Waals surface area contributed by atoms with E-state index in [-0.39, 0.29) is 0 Å². The topological polar surface area (TPSA) is 57.0 Å². The number of fused-ring (bicyclic) bond motifs is 1. The molecule has 4 aromatic rings. The summed E-state index contributed by atoms with van der Waals surface area (Å²) < 4.78 is 6.56. The second kappa shape index (κ2) is 6.44. The van der Waals surface area contributed by atoms with Crippen molar-refractivity contribution in [3.63, 3.8) is 0 Å². The van der Waals surface area contributed by atoms with Gasteiger partial charge in [0.25, 0.3) is 0 Å². The van der Waals surface area contributed by atoms with Crippen LogP contribution in [0.25, 0.3) is 33.3 Å². The fraction of sp³-hybridized carbons (Fsp3) is 0.0952. The maximum Gasteiger partial charge on any atom is 0.340 e. The fourth-order valence-corrected chi connectivity index (χ4v) is 3.05. The summed E-state index contributed by atoms with van der Waals surface area (Å²) in [4.78, 5) is 12.2. The molecule has 0 bridgehead atoms. The van der Waals surface area contributed by atoms with Crippen molar-refractivity contribution in [1.82, 2.24) is 15.0 Å². The molecule has 0 aliphatic heterocycles. The average molecular weight is 343 g/mol. The molecule has 0 saturated heterocycles. The van der Waals surface area contributed by atoms with Crippen LogP contribution in [0.3, 0.4) is 0 Å². The molecule has 0 aliphatic carbocycles. The van der Waals surface area contributed by atoms with Crippen molar-refractivity contribution in [2.45, 2.75) is 0 Å². The molecular weight excluding hydrogens is 326 g/mol. The Morgan fingerprint density at radius 2 is 1.50 bits per heavy atom. The second-order valence-corrected chi connectivity index (χ2v) is 6.04. The number of methoxy groups -OCH3 is 1. The largest absolute Gasteiger partial charge is 0.465 e. The molecule has 3 aromatic carbocycles. The van der Waals surface area contributed by atoms with Crippen LogP contribution in [0.15, 0.2) is 66.7 Å². The van der Waals surface area contributed by atoms with E-state index in [0.29, 0.717) is 11.1 Å². The van der Waals surface area contributed by atoms with Gasteiger partial charge in [0.05, 0.1) is 18.2 Å². The Bertz CT molecular complexity index is 1080. The minimum absolute atomic E-state index is 0.417. The maximum atomic E-state index is 12.2. The van der Waals surface area contributed by atoms with Gasteiger partial charge in [-0.15, -0.1) is 5.10 Å². The van der Waals surface area contributed by atoms with Crippen molar-refractivity contribution in [2.24, 2.45) is 7.05 Å². The van der Waals surface area contributed by atoms with E-state index < -0.39 is 5.97 Å². The fourth-order valence-electron chi connectivity index (χ4n) is 3.05. The Hall–Kier alpha value is -3.47. The van der Waals surface area contributed by atoms with E-state index >= 15 is 0 Å². The molecule has 128 valence electrons. The van der Waals surface area contributed by atoms with Crippen LogP contribution in [-0.4, -0.2) is 28.1 Å². The molecule has 0 atom stereocenters. The number of benzene rings is 3. The summed E-state index contributed by atoms with van der Waals surface area (Å²) >= 11 is 0. The van der Waals surface area contributed by atoms with Gasteiger partial charge in [-0.25, -0.2) is 9.48 Å². The van der Waals surface area contributed by atoms with Crippen LogP contribution in [0.2, 0.25) is 0 Å². The quantitative estimate of drug-likeness (QED) is 0.526. The summed E-state index contributed by atoms with van der Waals surface area (Å²) in [5, 5.41) is 8.11. The van der Waals surface area contributed by atoms with Gasteiger partial charge in [-0.2, -0.15) is 0 Å². The van der Waals surface area contributed by atoms with Crippen LogP contribution in [-0.2, 0) is 11.8 Å². The summed E-state index contributed by atoms with van der Waals surface area (Å²) in [5.41, 5.74) is 5.99. The zero-order valence-corrected chi connectivity index (χ0v) is 14.5. The highest BCUT2D eigenvalue weighted by molar-refractivity contribution is 6.03. The normalized spacial score (nSPS) is 10.8. The molecule has 26 heavy (non-hydrogen) atoms. The van der Waals surface area contributed by atoms with E-state index in [9.17, 15) is 4.79 Å². The van der Waals surface area contributed by atoms with Crippen molar-refractivity contribution < 1.29 is 9.53 Å². The van der Waals surface area contributed by atoms with Gasteiger partial charge in [0.2, 0.25) is 0 Å². The highest BCUT2D eigenvalue weighted by Crippen LogP contribution is 2.29. The van der Waals surface area contributed by atoms with E-state index in [1.54, 1.807) is 17.8 Å². The number of hydrogen-bond acceptors (Lipinski definition) is 4. The highest BCUT2D eigenvalue weighted by atomic mass is 16.5. The zero-order chi connectivity index (χ0) is 18.1. The summed E-state index contributed by atoms with van der Waals surface area (Å²) in [6, 6.07) is 22.3. The number of carbonyl (C=O) groups excluding carboxylic acids is 1. The van der Waals surface area contributed by atoms with Gasteiger partial charge in [-0.1, -0.05) is 59.8 Å².